The van der Waals surface area contributed by atoms with Crippen molar-refractivity contribution in [1.82, 2.24) is 20.0 Å². The molecule has 1 aliphatic carbocycles. The van der Waals surface area contributed by atoms with Crippen LogP contribution < -0.4 is 0 Å². The minimum absolute atomic E-state index is 0.0135. The average Bonchev–Trinajstić information content (AvgIpc) is 3.24. The monoisotopic (exact) mass is 396 g/mol. The maximum atomic E-state index is 13.1. The summed E-state index contributed by atoms with van der Waals surface area (Å²) in [6, 6.07) is 10.2. The van der Waals surface area contributed by atoms with Crippen LogP contribution in [0.3, 0.4) is 0 Å². The van der Waals surface area contributed by atoms with E-state index in [1.165, 1.54) is 12.6 Å². The van der Waals surface area contributed by atoms with Crippen LogP contribution >= 0.6 is 0 Å². The third-order valence-corrected chi connectivity index (χ3v) is 5.85. The largest absolute Gasteiger partial charge is 0.370 e. The zero-order chi connectivity index (χ0) is 20.1. The molecule has 1 aromatic carbocycles. The first-order valence-electron chi connectivity index (χ1n) is 10.4. The second-order valence-corrected chi connectivity index (χ2v) is 7.93. The third-order valence-electron chi connectivity index (χ3n) is 5.85. The molecule has 1 saturated heterocycles. The van der Waals surface area contributed by atoms with Crippen LogP contribution in [0, 0.1) is 0 Å². The lowest BCUT2D eigenvalue weighted by Gasteiger charge is -2.34. The number of carbonyl (C=O) groups excluding carboxylic acids is 2. The number of benzene rings is 1. The van der Waals surface area contributed by atoms with Crippen LogP contribution in [0.1, 0.15) is 48.0 Å². The first kappa shape index (κ1) is 19.6. The molecule has 1 aliphatic heterocycles. The summed E-state index contributed by atoms with van der Waals surface area (Å²) in [5.41, 5.74) is 1.55. The van der Waals surface area contributed by atoms with E-state index in [1.807, 2.05) is 35.2 Å². The van der Waals surface area contributed by atoms with E-state index in [0.717, 1.165) is 31.2 Å². The van der Waals surface area contributed by atoms with Gasteiger partial charge in [-0.3, -0.25) is 14.7 Å². The number of hydrogen-bond acceptors (Lipinski definition) is 4. The molecule has 7 nitrogen and oxygen atoms in total. The quantitative estimate of drug-likeness (QED) is 0.843. The summed E-state index contributed by atoms with van der Waals surface area (Å²) in [6.45, 7) is 1.48. The Bertz CT molecular complexity index is 803. The van der Waals surface area contributed by atoms with Gasteiger partial charge in [-0.15, -0.1) is 0 Å². The van der Waals surface area contributed by atoms with Gasteiger partial charge in [0, 0.05) is 25.3 Å². The summed E-state index contributed by atoms with van der Waals surface area (Å²) in [7, 11) is 0. The Morgan fingerprint density at radius 2 is 1.93 bits per heavy atom. The molecule has 7 heteroatoms. The van der Waals surface area contributed by atoms with Crippen LogP contribution in [0.15, 0.2) is 42.7 Å². The summed E-state index contributed by atoms with van der Waals surface area (Å²) in [5.74, 6) is -0.175. The van der Waals surface area contributed by atoms with E-state index in [9.17, 15) is 9.59 Å². The molecule has 29 heavy (non-hydrogen) atoms. The van der Waals surface area contributed by atoms with E-state index in [4.69, 9.17) is 4.74 Å². The SMILES string of the molecule is O=C(c1cn[nH]c1)N1CC(=O)N(C2CCCCC2)C[C@@H](OCc2ccccc2)C1. The van der Waals surface area contributed by atoms with Gasteiger partial charge >= 0.3 is 0 Å². The van der Waals surface area contributed by atoms with Crippen LogP contribution in [0.5, 0.6) is 0 Å². The van der Waals surface area contributed by atoms with Gasteiger partial charge in [-0.1, -0.05) is 49.6 Å². The van der Waals surface area contributed by atoms with Crippen molar-refractivity contribution >= 4 is 11.8 Å². The summed E-state index contributed by atoms with van der Waals surface area (Å²) >= 11 is 0. The van der Waals surface area contributed by atoms with Crippen LogP contribution in [0.4, 0.5) is 0 Å². The van der Waals surface area contributed by atoms with Crippen LogP contribution in [-0.4, -0.2) is 63.6 Å². The lowest BCUT2D eigenvalue weighted by molar-refractivity contribution is -0.134. The molecule has 0 unspecified atom stereocenters. The number of aromatic nitrogens is 2. The van der Waals surface area contributed by atoms with Crippen molar-refractivity contribution in [1.29, 1.82) is 0 Å². The Morgan fingerprint density at radius 3 is 2.66 bits per heavy atom. The van der Waals surface area contributed by atoms with E-state index >= 15 is 0 Å². The smallest absolute Gasteiger partial charge is 0.257 e. The maximum Gasteiger partial charge on any atom is 0.257 e. The first-order chi connectivity index (χ1) is 14.2. The fraction of sp³-hybridized carbons (Fsp3) is 0.500. The molecule has 1 saturated carbocycles. The molecular formula is C22H28N4O3. The Hall–Kier alpha value is -2.67. The third kappa shape index (κ3) is 4.85. The zero-order valence-electron chi connectivity index (χ0n) is 16.6. The fourth-order valence-electron chi connectivity index (χ4n) is 4.29. The van der Waals surface area contributed by atoms with E-state index < -0.39 is 0 Å². The van der Waals surface area contributed by atoms with Crippen molar-refractivity contribution in [3.8, 4) is 0 Å². The molecule has 1 atom stereocenters. The van der Waals surface area contributed by atoms with Crippen molar-refractivity contribution in [3.05, 3.63) is 53.9 Å². The summed E-state index contributed by atoms with van der Waals surface area (Å²) in [5, 5.41) is 6.54. The van der Waals surface area contributed by atoms with Crippen molar-refractivity contribution in [3.63, 3.8) is 0 Å². The molecular weight excluding hydrogens is 368 g/mol. The summed E-state index contributed by atoms with van der Waals surface area (Å²) in [4.78, 5) is 29.5. The Kier molecular flexibility index (Phi) is 6.24. The summed E-state index contributed by atoms with van der Waals surface area (Å²) < 4.78 is 6.20. The van der Waals surface area contributed by atoms with Crippen LogP contribution in [0.25, 0.3) is 0 Å². The molecule has 2 aliphatic rings. The Morgan fingerprint density at radius 1 is 1.14 bits per heavy atom. The van der Waals surface area contributed by atoms with Gasteiger partial charge < -0.3 is 14.5 Å². The number of aromatic amines is 1. The molecule has 0 spiro atoms. The lowest BCUT2D eigenvalue weighted by atomic mass is 9.94. The first-order valence-corrected chi connectivity index (χ1v) is 10.4. The normalized spacial score (nSPS) is 21.2. The van der Waals surface area contributed by atoms with Gasteiger partial charge in [0.1, 0.15) is 6.54 Å². The van der Waals surface area contributed by atoms with E-state index in [0.29, 0.717) is 25.3 Å². The predicted octanol–water partition coefficient (Wildman–Crippen LogP) is 2.61. The maximum absolute atomic E-state index is 13.1. The minimum Gasteiger partial charge on any atom is -0.370 e. The number of carbonyl (C=O) groups is 2. The number of nitrogens with one attached hydrogen (secondary N) is 1. The summed E-state index contributed by atoms with van der Waals surface area (Å²) in [6.07, 6.45) is 8.45. The molecule has 2 fully saturated rings. The molecule has 154 valence electrons. The zero-order valence-corrected chi connectivity index (χ0v) is 16.6. The van der Waals surface area contributed by atoms with Gasteiger partial charge in [0.2, 0.25) is 5.91 Å². The average molecular weight is 396 g/mol. The topological polar surface area (TPSA) is 78.5 Å². The molecule has 2 amide bonds. The van der Waals surface area contributed by atoms with Crippen molar-refractivity contribution in [2.45, 2.75) is 50.9 Å². The standard InChI is InChI=1S/C22H28N4O3/c27-21-15-25(22(28)18-11-23-24-12-18)13-20(29-16-17-7-3-1-4-8-17)14-26(21)19-9-5-2-6-10-19/h1,3-4,7-8,11-12,19-20H,2,5-6,9-10,13-16H2,(H,23,24)/t20-/m0/s1. The van der Waals surface area contributed by atoms with Gasteiger partial charge in [0.15, 0.2) is 0 Å². The highest BCUT2D eigenvalue weighted by Gasteiger charge is 2.35. The molecule has 1 N–H and O–H groups in total. The fourth-order valence-corrected chi connectivity index (χ4v) is 4.29. The molecule has 2 aromatic rings. The highest BCUT2D eigenvalue weighted by Crippen LogP contribution is 2.25. The number of rotatable bonds is 5. The Balaban J connectivity index is 1.51. The van der Waals surface area contributed by atoms with Crippen LogP contribution in [0.2, 0.25) is 0 Å². The Labute approximate surface area is 171 Å². The van der Waals surface area contributed by atoms with E-state index in [-0.39, 0.29) is 30.5 Å². The second kappa shape index (κ2) is 9.22. The number of nitrogens with zero attached hydrogens (tertiary/aromatic N) is 3. The molecule has 0 bridgehead atoms. The van der Waals surface area contributed by atoms with Crippen molar-refractivity contribution < 1.29 is 14.3 Å². The van der Waals surface area contributed by atoms with Crippen molar-refractivity contribution in [2.75, 3.05) is 19.6 Å². The lowest BCUT2D eigenvalue weighted by Crippen LogP contribution is -2.46. The molecule has 1 aromatic heterocycles. The van der Waals surface area contributed by atoms with E-state index in [1.54, 1.807) is 11.1 Å². The molecule has 2 heterocycles. The molecule has 0 radical (unpaired) electrons. The predicted molar refractivity (Wildman–Crippen MR) is 108 cm³/mol. The van der Waals surface area contributed by atoms with E-state index in [2.05, 4.69) is 10.2 Å². The number of amides is 2. The number of hydrogen-bond donors (Lipinski definition) is 1. The van der Waals surface area contributed by atoms with Gasteiger partial charge in [0.25, 0.3) is 5.91 Å². The number of H-pyrrole nitrogens is 1. The second-order valence-electron chi connectivity index (χ2n) is 7.93. The van der Waals surface area contributed by atoms with Gasteiger partial charge in [-0.2, -0.15) is 5.10 Å². The van der Waals surface area contributed by atoms with Gasteiger partial charge in [-0.25, -0.2) is 0 Å². The highest BCUT2D eigenvalue weighted by molar-refractivity contribution is 5.96. The number of ether oxygens (including phenoxy) is 1. The highest BCUT2D eigenvalue weighted by atomic mass is 16.5. The van der Waals surface area contributed by atoms with Gasteiger partial charge in [-0.05, 0) is 18.4 Å². The van der Waals surface area contributed by atoms with Crippen molar-refractivity contribution in [2.24, 2.45) is 0 Å². The van der Waals surface area contributed by atoms with Crippen LogP contribution in [-0.2, 0) is 16.1 Å². The van der Waals surface area contributed by atoms with Gasteiger partial charge in [0.05, 0.1) is 24.5 Å². The minimum atomic E-state index is -0.223. The molecule has 4 rings (SSSR count).